The molecule has 4 heteroatoms. The monoisotopic (exact) mass is 204 g/mol. The molecule has 0 unspecified atom stereocenters. The molecule has 1 aromatic rings. The summed E-state index contributed by atoms with van der Waals surface area (Å²) < 4.78 is 10.2. The fourth-order valence-corrected chi connectivity index (χ4v) is 1.17. The van der Waals surface area contributed by atoms with Crippen molar-refractivity contribution >= 4 is 11.8 Å². The Bertz CT molecular complexity index is 419. The molecule has 0 radical (unpaired) electrons. The Labute approximate surface area is 88.5 Å². The van der Waals surface area contributed by atoms with E-state index in [0.717, 1.165) is 0 Å². The Morgan fingerprint density at radius 1 is 1.33 bits per heavy atom. The van der Waals surface area contributed by atoms with Crippen LogP contribution in [0.1, 0.15) is 5.56 Å². The molecule has 0 saturated carbocycles. The van der Waals surface area contributed by atoms with Crippen LogP contribution in [0.5, 0.6) is 11.5 Å². The number of benzene rings is 1. The predicted molar refractivity (Wildman–Crippen MR) is 58.6 cm³/mol. The Morgan fingerprint density at radius 2 is 2.07 bits per heavy atom. The quantitative estimate of drug-likeness (QED) is 0.602. The largest absolute Gasteiger partial charge is 0.497 e. The van der Waals surface area contributed by atoms with Gasteiger partial charge >= 0.3 is 0 Å². The Balaban J connectivity index is 3.25. The summed E-state index contributed by atoms with van der Waals surface area (Å²) in [5, 5.41) is 8.43. The first kappa shape index (κ1) is 10.9. The third-order valence-electron chi connectivity index (χ3n) is 1.94. The molecule has 78 valence electrons. The molecular weight excluding hydrogens is 192 g/mol. The summed E-state index contributed by atoms with van der Waals surface area (Å²) in [5.41, 5.74) is 7.01. The fraction of sp³-hybridized carbons (Fsp3) is 0.182. The van der Waals surface area contributed by atoms with Crippen molar-refractivity contribution in [2.45, 2.75) is 0 Å². The highest BCUT2D eigenvalue weighted by molar-refractivity contribution is 5.73. The number of hydrogen-bond acceptors (Lipinski definition) is 4. The van der Waals surface area contributed by atoms with Crippen molar-refractivity contribution in [3.05, 3.63) is 23.8 Å². The highest BCUT2D eigenvalue weighted by Crippen LogP contribution is 2.31. The van der Waals surface area contributed by atoms with E-state index in [4.69, 9.17) is 20.5 Å². The van der Waals surface area contributed by atoms with Crippen molar-refractivity contribution in [3.63, 3.8) is 0 Å². The summed E-state index contributed by atoms with van der Waals surface area (Å²) in [6.45, 7) is 0. The van der Waals surface area contributed by atoms with Crippen LogP contribution in [0, 0.1) is 11.3 Å². The fourth-order valence-electron chi connectivity index (χ4n) is 1.17. The van der Waals surface area contributed by atoms with Crippen molar-refractivity contribution in [1.29, 1.82) is 5.26 Å². The number of rotatable bonds is 3. The second-order valence-corrected chi connectivity index (χ2v) is 2.79. The average molecular weight is 204 g/mol. The number of nitrogens with zero attached hydrogens (tertiary/aromatic N) is 1. The van der Waals surface area contributed by atoms with Gasteiger partial charge in [0.05, 0.1) is 26.0 Å². The van der Waals surface area contributed by atoms with Gasteiger partial charge in [-0.05, 0) is 12.1 Å². The van der Waals surface area contributed by atoms with Crippen molar-refractivity contribution in [2.75, 3.05) is 20.0 Å². The number of ether oxygens (including phenoxy) is 2. The molecule has 0 saturated heterocycles. The Morgan fingerprint density at radius 3 is 2.60 bits per heavy atom. The van der Waals surface area contributed by atoms with E-state index in [1.54, 1.807) is 25.3 Å². The zero-order chi connectivity index (χ0) is 11.3. The van der Waals surface area contributed by atoms with Crippen LogP contribution in [0.3, 0.4) is 0 Å². The maximum absolute atomic E-state index is 8.43. The Kier molecular flexibility index (Phi) is 3.58. The topological polar surface area (TPSA) is 68.3 Å². The third-order valence-corrected chi connectivity index (χ3v) is 1.94. The van der Waals surface area contributed by atoms with E-state index in [2.05, 4.69) is 0 Å². The van der Waals surface area contributed by atoms with Crippen molar-refractivity contribution in [2.24, 2.45) is 0 Å². The maximum Gasteiger partial charge on any atom is 0.146 e. The van der Waals surface area contributed by atoms with Gasteiger partial charge in [0.25, 0.3) is 0 Å². The van der Waals surface area contributed by atoms with Crippen molar-refractivity contribution in [1.82, 2.24) is 0 Å². The van der Waals surface area contributed by atoms with Gasteiger partial charge in [-0.25, -0.2) is 0 Å². The summed E-state index contributed by atoms with van der Waals surface area (Å²) in [6, 6.07) is 5.34. The first-order chi connectivity index (χ1) is 7.22. The van der Waals surface area contributed by atoms with Gasteiger partial charge in [-0.3, -0.25) is 0 Å². The van der Waals surface area contributed by atoms with Crippen molar-refractivity contribution in [3.8, 4) is 17.6 Å². The molecule has 0 amide bonds. The van der Waals surface area contributed by atoms with Crippen LogP contribution < -0.4 is 15.2 Å². The number of nitrogens with two attached hydrogens (primary N) is 1. The van der Waals surface area contributed by atoms with E-state index in [0.29, 0.717) is 22.7 Å². The molecule has 1 aromatic carbocycles. The lowest BCUT2D eigenvalue weighted by Crippen LogP contribution is -1.96. The van der Waals surface area contributed by atoms with Crippen molar-refractivity contribution < 1.29 is 9.47 Å². The van der Waals surface area contributed by atoms with E-state index in [1.165, 1.54) is 13.2 Å². The van der Waals surface area contributed by atoms with Crippen LogP contribution in [0.15, 0.2) is 18.2 Å². The lowest BCUT2D eigenvalue weighted by Gasteiger charge is -2.09. The number of nitriles is 1. The van der Waals surface area contributed by atoms with Gasteiger partial charge in [-0.15, -0.1) is 0 Å². The van der Waals surface area contributed by atoms with Gasteiger partial charge in [0.2, 0.25) is 0 Å². The minimum atomic E-state index is 0.491. The molecule has 0 aromatic heterocycles. The van der Waals surface area contributed by atoms with Crippen LogP contribution in [0.2, 0.25) is 0 Å². The molecule has 0 fully saturated rings. The maximum atomic E-state index is 8.43. The lowest BCUT2D eigenvalue weighted by atomic mass is 10.1. The normalized spacial score (nSPS) is 9.93. The zero-order valence-electron chi connectivity index (χ0n) is 8.65. The van der Waals surface area contributed by atoms with Crippen LogP contribution in [0.4, 0.5) is 5.69 Å². The number of methoxy groups -OCH3 is 2. The summed E-state index contributed by atoms with van der Waals surface area (Å²) in [6.07, 6.45) is 2.96. The van der Waals surface area contributed by atoms with E-state index in [1.807, 2.05) is 6.07 Å². The number of hydrogen-bond donors (Lipinski definition) is 1. The molecule has 4 nitrogen and oxygen atoms in total. The van der Waals surface area contributed by atoms with Gasteiger partial charge in [-0.2, -0.15) is 5.26 Å². The lowest BCUT2D eigenvalue weighted by molar-refractivity contribution is 0.395. The molecule has 0 aliphatic rings. The second kappa shape index (κ2) is 4.91. The van der Waals surface area contributed by atoms with Gasteiger partial charge in [-0.1, -0.05) is 0 Å². The zero-order valence-corrected chi connectivity index (χ0v) is 8.65. The molecule has 0 bridgehead atoms. The summed E-state index contributed by atoms with van der Waals surface area (Å²) in [4.78, 5) is 0. The van der Waals surface area contributed by atoms with Gasteiger partial charge in [0.1, 0.15) is 11.5 Å². The molecule has 0 aliphatic heterocycles. The summed E-state index contributed by atoms with van der Waals surface area (Å²) in [7, 11) is 3.09. The van der Waals surface area contributed by atoms with E-state index in [-0.39, 0.29) is 0 Å². The first-order valence-electron chi connectivity index (χ1n) is 4.30. The minimum absolute atomic E-state index is 0.491. The molecule has 1 rings (SSSR count). The number of allylic oxidation sites excluding steroid dienone is 1. The van der Waals surface area contributed by atoms with E-state index >= 15 is 0 Å². The summed E-state index contributed by atoms with van der Waals surface area (Å²) in [5.74, 6) is 1.17. The molecule has 0 spiro atoms. The van der Waals surface area contributed by atoms with Gasteiger partial charge in [0, 0.05) is 17.7 Å². The molecular formula is C11H12N2O2. The third kappa shape index (κ3) is 2.41. The second-order valence-electron chi connectivity index (χ2n) is 2.79. The SMILES string of the molecule is COc1cc(/C=C/C#N)c(N)c(OC)c1. The number of anilines is 1. The van der Waals surface area contributed by atoms with Crippen LogP contribution in [-0.2, 0) is 0 Å². The van der Waals surface area contributed by atoms with E-state index < -0.39 is 0 Å². The minimum Gasteiger partial charge on any atom is -0.497 e. The highest BCUT2D eigenvalue weighted by Gasteiger charge is 2.06. The highest BCUT2D eigenvalue weighted by atomic mass is 16.5. The summed E-state index contributed by atoms with van der Waals surface area (Å²) >= 11 is 0. The molecule has 0 aliphatic carbocycles. The predicted octanol–water partition coefficient (Wildman–Crippen LogP) is 1.82. The number of nitrogen functional groups attached to an aromatic ring is 1. The van der Waals surface area contributed by atoms with Gasteiger partial charge in [0.15, 0.2) is 0 Å². The van der Waals surface area contributed by atoms with Crippen LogP contribution in [0.25, 0.3) is 6.08 Å². The van der Waals surface area contributed by atoms with Gasteiger partial charge < -0.3 is 15.2 Å². The molecule has 0 atom stereocenters. The van der Waals surface area contributed by atoms with E-state index in [9.17, 15) is 0 Å². The molecule has 15 heavy (non-hydrogen) atoms. The molecule has 0 heterocycles. The molecule has 2 N–H and O–H groups in total. The van der Waals surface area contributed by atoms with Crippen LogP contribution in [-0.4, -0.2) is 14.2 Å². The average Bonchev–Trinajstić information content (AvgIpc) is 2.27. The van der Waals surface area contributed by atoms with Crippen LogP contribution >= 0.6 is 0 Å². The smallest absolute Gasteiger partial charge is 0.146 e. The Hall–Kier alpha value is -2.15. The standard InChI is InChI=1S/C11H12N2O2/c1-14-9-6-8(4-3-5-12)11(13)10(7-9)15-2/h3-4,6-7H,13H2,1-2H3/b4-3+. The first-order valence-corrected chi connectivity index (χ1v) is 4.30.